The Morgan fingerprint density at radius 2 is 2.07 bits per heavy atom. The summed E-state index contributed by atoms with van der Waals surface area (Å²) in [6.45, 7) is 7.65. The van der Waals surface area contributed by atoms with Crippen molar-refractivity contribution in [2.75, 3.05) is 0 Å². The summed E-state index contributed by atoms with van der Waals surface area (Å²) in [5.41, 5.74) is 1.84. The fourth-order valence-electron chi connectivity index (χ4n) is 0.816. The maximum Gasteiger partial charge on any atom is 0.144 e. The van der Waals surface area contributed by atoms with Crippen LogP contribution in [0.4, 0.5) is 0 Å². The third kappa shape index (κ3) is 4.01. The maximum atomic E-state index is 11.6. The summed E-state index contributed by atoms with van der Waals surface area (Å²) in [5, 5.41) is 0. The smallest absolute Gasteiger partial charge is 0.144 e. The Morgan fingerprint density at radius 1 is 1.40 bits per heavy atom. The molecule has 0 fully saturated rings. The quantitative estimate of drug-likeness (QED) is 0.571. The molecular weight excluding hydrogens is 208 g/mol. The van der Waals surface area contributed by atoms with E-state index < -0.39 is 11.4 Å². The molecule has 1 aromatic heterocycles. The number of pyridine rings is 1. The first-order chi connectivity index (χ1) is 6.89. The number of hydrogen-bond acceptors (Lipinski definition) is 3. The van der Waals surface area contributed by atoms with Gasteiger partial charge in [0.15, 0.2) is 0 Å². The number of nitrogens with zero attached hydrogens (tertiary/aromatic N) is 2. The summed E-state index contributed by atoms with van der Waals surface area (Å²) in [5.74, 6) is 0. The Balaban J connectivity index is 2.70. The van der Waals surface area contributed by atoms with Crippen molar-refractivity contribution >= 4 is 17.6 Å². The first-order valence-electron chi connectivity index (χ1n) is 4.78. The van der Waals surface area contributed by atoms with Crippen molar-refractivity contribution in [2.24, 2.45) is 4.40 Å². The van der Waals surface area contributed by atoms with Crippen molar-refractivity contribution in [3.8, 4) is 0 Å². The van der Waals surface area contributed by atoms with Crippen molar-refractivity contribution in [3.05, 3.63) is 29.6 Å². The van der Waals surface area contributed by atoms with E-state index in [1.54, 1.807) is 12.4 Å². The lowest BCUT2D eigenvalue weighted by Gasteiger charge is -2.17. The monoisotopic (exact) mass is 224 g/mol. The molecule has 4 heteroatoms. The summed E-state index contributed by atoms with van der Waals surface area (Å²) >= 11 is -1.21. The normalized spacial score (nSPS) is 14.5. The Kier molecular flexibility index (Phi) is 3.88. The average Bonchev–Trinajstić information content (AvgIpc) is 2.15. The van der Waals surface area contributed by atoms with Crippen LogP contribution in [0.5, 0.6) is 0 Å². The van der Waals surface area contributed by atoms with E-state index in [4.69, 9.17) is 0 Å². The lowest BCUT2D eigenvalue weighted by atomic mass is 10.3. The molecule has 1 rings (SSSR count). The molecule has 3 nitrogen and oxygen atoms in total. The van der Waals surface area contributed by atoms with E-state index in [0.29, 0.717) is 0 Å². The molecule has 1 aromatic rings. The Morgan fingerprint density at radius 3 is 2.53 bits per heavy atom. The van der Waals surface area contributed by atoms with E-state index in [1.807, 2.05) is 39.8 Å². The van der Waals surface area contributed by atoms with Crippen LogP contribution in [0.1, 0.15) is 32.0 Å². The third-order valence-corrected chi connectivity index (χ3v) is 3.08. The van der Waals surface area contributed by atoms with Crippen LogP contribution in [0, 0.1) is 6.92 Å². The van der Waals surface area contributed by atoms with E-state index in [0.717, 1.165) is 11.3 Å². The van der Waals surface area contributed by atoms with E-state index in [-0.39, 0.29) is 4.75 Å². The maximum absolute atomic E-state index is 11.6. The van der Waals surface area contributed by atoms with Gasteiger partial charge in [0.2, 0.25) is 0 Å². The molecule has 15 heavy (non-hydrogen) atoms. The zero-order chi connectivity index (χ0) is 11.5. The molecular formula is C11H16N2OS. The van der Waals surface area contributed by atoms with Crippen molar-refractivity contribution in [1.82, 2.24) is 4.98 Å². The predicted molar refractivity (Wildman–Crippen MR) is 64.5 cm³/mol. The highest BCUT2D eigenvalue weighted by molar-refractivity contribution is 7.91. The van der Waals surface area contributed by atoms with Crippen LogP contribution in [-0.2, 0) is 11.4 Å². The molecule has 1 heterocycles. The van der Waals surface area contributed by atoms with Crippen LogP contribution >= 0.6 is 0 Å². The lowest BCUT2D eigenvalue weighted by molar-refractivity contribution is 0.562. The van der Waals surface area contributed by atoms with Gasteiger partial charge in [0.1, 0.15) is 22.3 Å². The minimum absolute atomic E-state index is 0.318. The fraction of sp³-hybridized carbons (Fsp3) is 0.455. The molecule has 82 valence electrons. The zero-order valence-corrected chi connectivity index (χ0v) is 10.3. The number of rotatable bonds is 2. The second kappa shape index (κ2) is 4.77. The topological polar surface area (TPSA) is 48.3 Å². The molecule has 0 aliphatic rings. The van der Waals surface area contributed by atoms with E-state index in [9.17, 15) is 4.55 Å². The first kappa shape index (κ1) is 12.2. The van der Waals surface area contributed by atoms with Gasteiger partial charge in [-0.3, -0.25) is 4.98 Å². The molecule has 1 atom stereocenters. The van der Waals surface area contributed by atoms with Gasteiger partial charge in [-0.1, -0.05) is 10.5 Å². The Bertz CT molecular complexity index is 341. The van der Waals surface area contributed by atoms with Gasteiger partial charge in [-0.25, -0.2) is 0 Å². The van der Waals surface area contributed by atoms with Crippen molar-refractivity contribution in [1.29, 1.82) is 0 Å². The minimum Gasteiger partial charge on any atom is -0.591 e. The molecule has 1 unspecified atom stereocenters. The molecule has 0 aromatic carbocycles. The summed E-state index contributed by atoms with van der Waals surface area (Å²) in [7, 11) is 0. The van der Waals surface area contributed by atoms with Crippen LogP contribution in [-0.4, -0.2) is 20.5 Å². The van der Waals surface area contributed by atoms with Gasteiger partial charge >= 0.3 is 0 Å². The molecule has 0 saturated heterocycles. The standard InChI is InChI=1S/C11H16N2OS/c1-9-5-6-10(12-7-9)8-13-15(14)11(2,3)4/h5-8H,1-4H3/b13-8+. The zero-order valence-electron chi connectivity index (χ0n) is 9.52. The highest BCUT2D eigenvalue weighted by atomic mass is 32.2. The van der Waals surface area contributed by atoms with Gasteiger partial charge in [-0.2, -0.15) is 0 Å². The second-order valence-corrected chi connectivity index (χ2v) is 6.29. The largest absolute Gasteiger partial charge is 0.591 e. The summed E-state index contributed by atoms with van der Waals surface area (Å²) < 4.78 is 15.3. The fourth-order valence-corrected chi connectivity index (χ4v) is 1.34. The molecule has 0 saturated carbocycles. The van der Waals surface area contributed by atoms with Crippen LogP contribution in [0.3, 0.4) is 0 Å². The molecule has 0 aliphatic carbocycles. The van der Waals surface area contributed by atoms with Crippen LogP contribution < -0.4 is 0 Å². The van der Waals surface area contributed by atoms with Crippen molar-refractivity contribution in [3.63, 3.8) is 0 Å². The van der Waals surface area contributed by atoms with Gasteiger partial charge in [0.25, 0.3) is 0 Å². The van der Waals surface area contributed by atoms with Gasteiger partial charge in [0.05, 0.1) is 5.69 Å². The Labute approximate surface area is 94.0 Å². The van der Waals surface area contributed by atoms with Gasteiger partial charge < -0.3 is 4.55 Å². The molecule has 0 radical (unpaired) electrons. The second-order valence-electron chi connectivity index (χ2n) is 4.36. The highest BCUT2D eigenvalue weighted by Gasteiger charge is 2.25. The van der Waals surface area contributed by atoms with Crippen LogP contribution in [0.15, 0.2) is 22.7 Å². The highest BCUT2D eigenvalue weighted by Crippen LogP contribution is 2.16. The van der Waals surface area contributed by atoms with Gasteiger partial charge in [-0.05, 0) is 39.3 Å². The number of aromatic nitrogens is 1. The minimum atomic E-state index is -1.21. The van der Waals surface area contributed by atoms with Crippen molar-refractivity contribution in [2.45, 2.75) is 32.4 Å². The Hall–Kier alpha value is -0.870. The predicted octanol–water partition coefficient (Wildman–Crippen LogP) is 2.27. The SMILES string of the molecule is Cc1ccc(/C=N/[S+]([O-])C(C)(C)C)nc1. The average molecular weight is 224 g/mol. The van der Waals surface area contributed by atoms with E-state index in [1.165, 1.54) is 0 Å². The molecule has 0 N–H and O–H groups in total. The van der Waals surface area contributed by atoms with Crippen molar-refractivity contribution < 1.29 is 4.55 Å². The van der Waals surface area contributed by atoms with Crippen LogP contribution in [0.2, 0.25) is 0 Å². The summed E-state index contributed by atoms with van der Waals surface area (Å²) in [6, 6.07) is 3.81. The molecule has 0 spiro atoms. The number of aryl methyl sites for hydroxylation is 1. The van der Waals surface area contributed by atoms with E-state index in [2.05, 4.69) is 9.38 Å². The lowest BCUT2D eigenvalue weighted by Crippen LogP contribution is -2.25. The molecule has 0 amide bonds. The molecule has 0 aliphatic heterocycles. The first-order valence-corrected chi connectivity index (χ1v) is 5.89. The van der Waals surface area contributed by atoms with Gasteiger partial charge in [0, 0.05) is 6.20 Å². The summed E-state index contributed by atoms with van der Waals surface area (Å²) in [4.78, 5) is 4.15. The van der Waals surface area contributed by atoms with Crippen LogP contribution in [0.25, 0.3) is 0 Å². The summed E-state index contributed by atoms with van der Waals surface area (Å²) in [6.07, 6.45) is 3.32. The molecule has 0 bridgehead atoms. The van der Waals surface area contributed by atoms with Gasteiger partial charge in [-0.15, -0.1) is 0 Å². The number of hydrogen-bond donors (Lipinski definition) is 0. The third-order valence-electron chi connectivity index (χ3n) is 1.74. The van der Waals surface area contributed by atoms with E-state index >= 15 is 0 Å².